The third kappa shape index (κ3) is 3.09. The van der Waals surface area contributed by atoms with Crippen LogP contribution >= 0.6 is 0 Å². The number of pyridine rings is 2. The molecule has 0 bridgehead atoms. The van der Waals surface area contributed by atoms with E-state index in [0.717, 1.165) is 51.9 Å². The van der Waals surface area contributed by atoms with Crippen LogP contribution in [0.15, 0.2) is 55.1 Å². The highest BCUT2D eigenvalue weighted by Crippen LogP contribution is 2.34. The van der Waals surface area contributed by atoms with Gasteiger partial charge in [0.25, 0.3) is 0 Å². The van der Waals surface area contributed by atoms with E-state index in [9.17, 15) is 0 Å². The van der Waals surface area contributed by atoms with Gasteiger partial charge >= 0.3 is 0 Å². The molecule has 4 heterocycles. The van der Waals surface area contributed by atoms with E-state index in [1.165, 1.54) is 0 Å². The molecule has 1 aliphatic rings. The molecule has 146 valence electrons. The number of methoxy groups -OCH3 is 1. The number of anilines is 2. The van der Waals surface area contributed by atoms with Crippen molar-refractivity contribution in [3.8, 4) is 22.3 Å². The van der Waals surface area contributed by atoms with Crippen molar-refractivity contribution in [1.29, 1.82) is 0 Å². The van der Waals surface area contributed by atoms with Crippen molar-refractivity contribution in [2.75, 3.05) is 30.8 Å². The largest absolute Gasteiger partial charge is 0.382 e. The molecule has 1 aromatic carbocycles. The number of hydrogen-bond acceptors (Lipinski definition) is 6. The SMILES string of the molecule is COC1CN(c2cnc3c(N)ncc(-c4ccc(-c5cnn(C)c5)cc4)c3c2)C1. The maximum absolute atomic E-state index is 6.11. The molecule has 1 aliphatic heterocycles. The van der Waals surface area contributed by atoms with E-state index in [-0.39, 0.29) is 6.10 Å². The maximum atomic E-state index is 6.11. The molecule has 7 heteroatoms. The molecule has 1 saturated heterocycles. The van der Waals surface area contributed by atoms with Gasteiger partial charge in [-0.25, -0.2) is 4.98 Å². The van der Waals surface area contributed by atoms with Gasteiger partial charge in [-0.1, -0.05) is 24.3 Å². The Morgan fingerprint density at radius 1 is 1.00 bits per heavy atom. The summed E-state index contributed by atoms with van der Waals surface area (Å²) in [6.45, 7) is 1.75. The van der Waals surface area contributed by atoms with Crippen LogP contribution < -0.4 is 10.6 Å². The van der Waals surface area contributed by atoms with Gasteiger partial charge in [0, 0.05) is 56.2 Å². The molecule has 3 aromatic heterocycles. The Morgan fingerprint density at radius 2 is 1.76 bits per heavy atom. The van der Waals surface area contributed by atoms with E-state index in [4.69, 9.17) is 10.5 Å². The Hall–Kier alpha value is -3.45. The fourth-order valence-electron chi connectivity index (χ4n) is 3.74. The Labute approximate surface area is 168 Å². The Bertz CT molecular complexity index is 1180. The number of ether oxygens (including phenoxy) is 1. The Kier molecular flexibility index (Phi) is 4.17. The van der Waals surface area contributed by atoms with Crippen LogP contribution in [0.25, 0.3) is 33.2 Å². The number of fused-ring (bicyclic) bond motifs is 1. The van der Waals surface area contributed by atoms with Crippen molar-refractivity contribution in [2.24, 2.45) is 7.05 Å². The van der Waals surface area contributed by atoms with E-state index in [1.54, 1.807) is 11.8 Å². The number of nitrogen functional groups attached to an aromatic ring is 1. The second kappa shape index (κ2) is 6.86. The smallest absolute Gasteiger partial charge is 0.149 e. The molecule has 5 rings (SSSR count). The molecule has 0 radical (unpaired) electrons. The zero-order valence-electron chi connectivity index (χ0n) is 16.4. The zero-order chi connectivity index (χ0) is 20.0. The van der Waals surface area contributed by atoms with E-state index in [2.05, 4.69) is 50.3 Å². The van der Waals surface area contributed by atoms with Crippen LogP contribution in [0.5, 0.6) is 0 Å². The molecule has 0 aliphatic carbocycles. The number of nitrogens with zero attached hydrogens (tertiary/aromatic N) is 5. The van der Waals surface area contributed by atoms with Gasteiger partial charge in [-0.15, -0.1) is 0 Å². The van der Waals surface area contributed by atoms with Gasteiger partial charge in [0.15, 0.2) is 0 Å². The topological polar surface area (TPSA) is 82.1 Å². The van der Waals surface area contributed by atoms with Crippen molar-refractivity contribution in [1.82, 2.24) is 19.7 Å². The average molecular weight is 386 g/mol. The molecule has 4 aromatic rings. The van der Waals surface area contributed by atoms with Crippen LogP contribution in [0.2, 0.25) is 0 Å². The normalized spacial score (nSPS) is 14.3. The van der Waals surface area contributed by atoms with Gasteiger partial charge in [0.1, 0.15) is 11.3 Å². The van der Waals surface area contributed by atoms with Crippen molar-refractivity contribution in [3.63, 3.8) is 0 Å². The standard InChI is InChI=1S/C22H22N6O/c1-27-11-16(8-26-27)14-3-5-15(6-4-14)20-10-25-22(23)21-19(20)7-17(9-24-21)28-12-18(13-28)29-2/h3-11,18H,12-13H2,1-2H3,(H2,23,25). The maximum Gasteiger partial charge on any atom is 0.149 e. The number of nitrogens with two attached hydrogens (primary N) is 1. The van der Waals surface area contributed by atoms with Gasteiger partial charge in [-0.05, 0) is 17.2 Å². The first-order chi connectivity index (χ1) is 14.1. The van der Waals surface area contributed by atoms with Gasteiger partial charge in [0.05, 0.1) is 24.2 Å². The fourth-order valence-corrected chi connectivity index (χ4v) is 3.74. The predicted molar refractivity (Wildman–Crippen MR) is 115 cm³/mol. The summed E-state index contributed by atoms with van der Waals surface area (Å²) in [5.74, 6) is 0.445. The number of benzene rings is 1. The molecular formula is C22H22N6O. The number of aryl methyl sites for hydroxylation is 1. The molecule has 0 atom stereocenters. The van der Waals surface area contributed by atoms with Crippen LogP contribution in [-0.4, -0.2) is 46.1 Å². The molecule has 7 nitrogen and oxygen atoms in total. The van der Waals surface area contributed by atoms with Crippen LogP contribution in [-0.2, 0) is 11.8 Å². The van der Waals surface area contributed by atoms with Crippen molar-refractivity contribution < 1.29 is 4.74 Å². The van der Waals surface area contributed by atoms with Crippen molar-refractivity contribution >= 4 is 22.4 Å². The minimum Gasteiger partial charge on any atom is -0.382 e. The predicted octanol–water partition coefficient (Wildman–Crippen LogP) is 3.11. The summed E-state index contributed by atoms with van der Waals surface area (Å²) in [5, 5.41) is 5.25. The number of rotatable bonds is 4. The first kappa shape index (κ1) is 17.6. The van der Waals surface area contributed by atoms with Crippen molar-refractivity contribution in [3.05, 3.63) is 55.1 Å². The first-order valence-electron chi connectivity index (χ1n) is 9.54. The van der Waals surface area contributed by atoms with Gasteiger partial charge in [-0.3, -0.25) is 9.67 Å². The summed E-state index contributed by atoms with van der Waals surface area (Å²) in [5.41, 5.74) is 12.2. The summed E-state index contributed by atoms with van der Waals surface area (Å²) in [4.78, 5) is 11.2. The fraction of sp³-hybridized carbons (Fsp3) is 0.227. The van der Waals surface area contributed by atoms with E-state index >= 15 is 0 Å². The zero-order valence-corrected chi connectivity index (χ0v) is 16.4. The molecule has 29 heavy (non-hydrogen) atoms. The van der Waals surface area contributed by atoms with Gasteiger partial charge < -0.3 is 15.4 Å². The number of aromatic nitrogens is 4. The van der Waals surface area contributed by atoms with Crippen LogP contribution in [0, 0.1) is 0 Å². The highest BCUT2D eigenvalue weighted by molar-refractivity contribution is 6.00. The second-order valence-corrected chi connectivity index (χ2v) is 7.39. The van der Waals surface area contributed by atoms with Crippen molar-refractivity contribution in [2.45, 2.75) is 6.10 Å². The first-order valence-corrected chi connectivity index (χ1v) is 9.54. The van der Waals surface area contributed by atoms with Crippen LogP contribution in [0.3, 0.4) is 0 Å². The highest BCUT2D eigenvalue weighted by atomic mass is 16.5. The molecule has 0 spiro atoms. The molecule has 0 saturated carbocycles. The monoisotopic (exact) mass is 386 g/mol. The number of hydrogen-bond donors (Lipinski definition) is 1. The van der Waals surface area contributed by atoms with E-state index in [0.29, 0.717) is 5.82 Å². The van der Waals surface area contributed by atoms with Gasteiger partial charge in [-0.2, -0.15) is 5.10 Å². The van der Waals surface area contributed by atoms with E-state index in [1.807, 2.05) is 31.8 Å². The lowest BCUT2D eigenvalue weighted by molar-refractivity contribution is 0.0787. The summed E-state index contributed by atoms with van der Waals surface area (Å²) >= 11 is 0. The third-order valence-corrected chi connectivity index (χ3v) is 5.52. The minimum absolute atomic E-state index is 0.285. The molecule has 0 unspecified atom stereocenters. The lowest BCUT2D eigenvalue weighted by Gasteiger charge is -2.39. The highest BCUT2D eigenvalue weighted by Gasteiger charge is 2.27. The van der Waals surface area contributed by atoms with E-state index < -0.39 is 0 Å². The second-order valence-electron chi connectivity index (χ2n) is 7.39. The average Bonchev–Trinajstić information content (AvgIpc) is 3.14. The Balaban J connectivity index is 1.54. The Morgan fingerprint density at radius 3 is 2.45 bits per heavy atom. The third-order valence-electron chi connectivity index (χ3n) is 5.52. The molecule has 0 amide bonds. The molecule has 2 N–H and O–H groups in total. The minimum atomic E-state index is 0.285. The lowest BCUT2D eigenvalue weighted by atomic mass is 9.99. The van der Waals surface area contributed by atoms with Crippen LogP contribution in [0.1, 0.15) is 0 Å². The van der Waals surface area contributed by atoms with Gasteiger partial charge in [0.2, 0.25) is 0 Å². The van der Waals surface area contributed by atoms with Crippen LogP contribution in [0.4, 0.5) is 11.5 Å². The summed E-state index contributed by atoms with van der Waals surface area (Å²) in [7, 11) is 3.67. The quantitative estimate of drug-likeness (QED) is 0.580. The summed E-state index contributed by atoms with van der Waals surface area (Å²) in [6.07, 6.45) is 7.85. The molecule has 1 fully saturated rings. The lowest BCUT2D eigenvalue weighted by Crippen LogP contribution is -2.51. The summed E-state index contributed by atoms with van der Waals surface area (Å²) < 4.78 is 7.19. The molecular weight excluding hydrogens is 364 g/mol. The summed E-state index contributed by atoms with van der Waals surface area (Å²) in [6, 6.07) is 10.6.